The maximum Gasteiger partial charge on any atom is 0.0734 e. The minimum absolute atomic E-state index is 0.599. The number of hydrogen-bond acceptors (Lipinski definition) is 4. The van der Waals surface area contributed by atoms with Crippen LogP contribution in [-0.2, 0) is 13.0 Å². The van der Waals surface area contributed by atoms with Crippen molar-refractivity contribution >= 4 is 10.9 Å². The minimum atomic E-state index is 0.599. The highest BCUT2D eigenvalue weighted by Gasteiger charge is 2.22. The maximum atomic E-state index is 4.64. The average molecular weight is 349 g/mol. The molecule has 3 heterocycles. The minimum Gasteiger partial charge on any atom is -0.305 e. The normalized spacial score (nSPS) is 19.7. The molecule has 0 aliphatic carbocycles. The van der Waals surface area contributed by atoms with E-state index in [9.17, 15) is 0 Å². The number of likely N-dealkylation sites (N-methyl/N-ethyl adjacent to an activating group) is 1. The van der Waals surface area contributed by atoms with Crippen LogP contribution in [0.15, 0.2) is 42.7 Å². The van der Waals surface area contributed by atoms with Crippen molar-refractivity contribution in [2.24, 2.45) is 5.92 Å². The predicted molar refractivity (Wildman–Crippen MR) is 105 cm³/mol. The van der Waals surface area contributed by atoms with E-state index in [2.05, 4.69) is 63.2 Å². The Morgan fingerprint density at radius 1 is 1.12 bits per heavy atom. The number of aryl methyl sites for hydroxylation is 1. The Bertz CT molecular complexity index is 866. The Morgan fingerprint density at radius 3 is 2.85 bits per heavy atom. The molecule has 5 nitrogen and oxygen atoms in total. The molecule has 1 fully saturated rings. The van der Waals surface area contributed by atoms with Gasteiger partial charge in [0.1, 0.15) is 0 Å². The van der Waals surface area contributed by atoms with E-state index in [0.717, 1.165) is 44.7 Å². The molecule has 0 radical (unpaired) electrons. The van der Waals surface area contributed by atoms with Gasteiger partial charge in [0.2, 0.25) is 0 Å². The van der Waals surface area contributed by atoms with Crippen molar-refractivity contribution in [3.63, 3.8) is 0 Å². The Hall–Kier alpha value is -2.24. The summed E-state index contributed by atoms with van der Waals surface area (Å²) in [5.74, 6) is 0.599. The number of pyridine rings is 1. The van der Waals surface area contributed by atoms with Crippen LogP contribution in [0, 0.1) is 12.8 Å². The molecule has 0 amide bonds. The number of nitrogens with zero attached hydrogens (tertiary/aromatic N) is 4. The monoisotopic (exact) mass is 349 g/mol. The molecule has 26 heavy (non-hydrogen) atoms. The van der Waals surface area contributed by atoms with Crippen molar-refractivity contribution in [2.45, 2.75) is 19.9 Å². The molecule has 4 rings (SSSR count). The first-order valence-corrected chi connectivity index (χ1v) is 9.41. The van der Waals surface area contributed by atoms with Crippen LogP contribution in [-0.4, -0.2) is 58.2 Å². The van der Waals surface area contributed by atoms with E-state index < -0.39 is 0 Å². The van der Waals surface area contributed by atoms with Gasteiger partial charge >= 0.3 is 0 Å². The third-order valence-electron chi connectivity index (χ3n) is 5.44. The molecule has 1 N–H and O–H groups in total. The number of nitrogens with one attached hydrogen (secondary N) is 1. The number of rotatable bonds is 4. The summed E-state index contributed by atoms with van der Waals surface area (Å²) in [6.45, 7) is 7.53. The summed E-state index contributed by atoms with van der Waals surface area (Å²) in [7, 11) is 2.24. The van der Waals surface area contributed by atoms with Crippen LogP contribution in [0.3, 0.4) is 0 Å². The summed E-state index contributed by atoms with van der Waals surface area (Å²) in [5, 5.41) is 8.47. The number of H-pyrrole nitrogens is 1. The van der Waals surface area contributed by atoms with E-state index in [0.29, 0.717) is 5.92 Å². The van der Waals surface area contributed by atoms with Crippen LogP contribution in [0.5, 0.6) is 0 Å². The molecule has 1 aliphatic heterocycles. The van der Waals surface area contributed by atoms with Crippen LogP contribution in [0.4, 0.5) is 0 Å². The molecule has 5 heteroatoms. The Morgan fingerprint density at radius 2 is 2.00 bits per heavy atom. The van der Waals surface area contributed by atoms with Crippen molar-refractivity contribution < 1.29 is 0 Å². The fourth-order valence-electron chi connectivity index (χ4n) is 4.05. The number of aromatic amines is 1. The lowest BCUT2D eigenvalue weighted by Crippen LogP contribution is -2.30. The van der Waals surface area contributed by atoms with Gasteiger partial charge in [-0.05, 0) is 37.9 Å². The molecule has 0 bridgehead atoms. The van der Waals surface area contributed by atoms with E-state index >= 15 is 0 Å². The summed E-state index contributed by atoms with van der Waals surface area (Å²) in [5.41, 5.74) is 5.00. The van der Waals surface area contributed by atoms with Gasteiger partial charge in [-0.25, -0.2) is 0 Å². The molecule has 1 aromatic carbocycles. The Kier molecular flexibility index (Phi) is 5.00. The Labute approximate surface area is 155 Å². The largest absolute Gasteiger partial charge is 0.305 e. The van der Waals surface area contributed by atoms with Crippen molar-refractivity contribution in [3.8, 4) is 0 Å². The second kappa shape index (κ2) is 7.56. The van der Waals surface area contributed by atoms with Crippen LogP contribution < -0.4 is 0 Å². The fourth-order valence-corrected chi connectivity index (χ4v) is 4.05. The molecular formula is C21H27N5. The van der Waals surface area contributed by atoms with Gasteiger partial charge in [-0.1, -0.05) is 24.3 Å². The van der Waals surface area contributed by atoms with Gasteiger partial charge in [-0.2, -0.15) is 5.10 Å². The quantitative estimate of drug-likeness (QED) is 0.787. The lowest BCUT2D eigenvalue weighted by atomic mass is 9.96. The third kappa shape index (κ3) is 3.79. The number of benzene rings is 1. The second-order valence-corrected chi connectivity index (χ2v) is 7.58. The summed E-state index contributed by atoms with van der Waals surface area (Å²) >= 11 is 0. The summed E-state index contributed by atoms with van der Waals surface area (Å²) in [6.07, 6.45) is 4.94. The number of fused-ring (bicyclic) bond motifs is 1. The van der Waals surface area contributed by atoms with Gasteiger partial charge in [0.15, 0.2) is 0 Å². The zero-order chi connectivity index (χ0) is 17.9. The van der Waals surface area contributed by atoms with E-state index in [1.807, 2.05) is 18.5 Å². The molecule has 0 spiro atoms. The first kappa shape index (κ1) is 17.2. The van der Waals surface area contributed by atoms with Crippen LogP contribution in [0.25, 0.3) is 10.9 Å². The second-order valence-electron chi connectivity index (χ2n) is 7.58. The summed E-state index contributed by atoms with van der Waals surface area (Å²) in [4.78, 5) is 9.68. The molecule has 136 valence electrons. The van der Waals surface area contributed by atoms with Gasteiger partial charge in [-0.15, -0.1) is 0 Å². The number of para-hydroxylation sites is 1. The van der Waals surface area contributed by atoms with Crippen molar-refractivity contribution in [1.82, 2.24) is 25.0 Å². The molecular weight excluding hydrogens is 322 g/mol. The maximum absolute atomic E-state index is 4.64. The van der Waals surface area contributed by atoms with E-state index in [1.54, 1.807) is 0 Å². The predicted octanol–water partition coefficient (Wildman–Crippen LogP) is 2.87. The first-order valence-electron chi connectivity index (χ1n) is 9.41. The highest BCUT2D eigenvalue weighted by molar-refractivity contribution is 5.81. The van der Waals surface area contributed by atoms with Gasteiger partial charge in [-0.3, -0.25) is 15.0 Å². The van der Waals surface area contributed by atoms with Gasteiger partial charge in [0.05, 0.1) is 11.7 Å². The lowest BCUT2D eigenvalue weighted by molar-refractivity contribution is 0.248. The van der Waals surface area contributed by atoms with Crippen molar-refractivity contribution in [3.05, 3.63) is 59.5 Å². The molecule has 1 atom stereocenters. The standard InChI is InChI=1S/C21H27N5/c1-16-20(12-23-24-16)15-26-10-9-25(2)13-17(14-26)11-19-6-3-5-18-7-4-8-22-21(18)19/h3-8,12,17H,9-11,13-15H2,1-2H3,(H,23,24)/t17-/m1/s1. The van der Waals surface area contributed by atoms with Gasteiger partial charge < -0.3 is 4.90 Å². The van der Waals surface area contributed by atoms with Crippen LogP contribution >= 0.6 is 0 Å². The molecule has 0 saturated carbocycles. The first-order chi connectivity index (χ1) is 12.7. The van der Waals surface area contributed by atoms with Crippen LogP contribution in [0.2, 0.25) is 0 Å². The third-order valence-corrected chi connectivity index (χ3v) is 5.44. The zero-order valence-corrected chi connectivity index (χ0v) is 15.7. The van der Waals surface area contributed by atoms with E-state index in [-0.39, 0.29) is 0 Å². The lowest BCUT2D eigenvalue weighted by Gasteiger charge is -2.24. The fraction of sp³-hybridized carbons (Fsp3) is 0.429. The van der Waals surface area contributed by atoms with Crippen molar-refractivity contribution in [2.75, 3.05) is 33.2 Å². The Balaban J connectivity index is 1.53. The van der Waals surface area contributed by atoms with Gasteiger partial charge in [0.25, 0.3) is 0 Å². The van der Waals surface area contributed by atoms with Crippen LogP contribution in [0.1, 0.15) is 16.8 Å². The summed E-state index contributed by atoms with van der Waals surface area (Å²) in [6, 6.07) is 10.7. The topological polar surface area (TPSA) is 48.1 Å². The molecule has 3 aromatic rings. The van der Waals surface area contributed by atoms with E-state index in [4.69, 9.17) is 0 Å². The SMILES string of the molecule is Cc1[nH]ncc1CN1CCN(C)C[C@@H](Cc2cccc3cccnc23)C1. The van der Waals surface area contributed by atoms with E-state index in [1.165, 1.54) is 22.2 Å². The molecule has 0 unspecified atom stereocenters. The highest BCUT2D eigenvalue weighted by Crippen LogP contribution is 2.22. The zero-order valence-electron chi connectivity index (χ0n) is 15.7. The smallest absolute Gasteiger partial charge is 0.0734 e. The number of aromatic nitrogens is 3. The van der Waals surface area contributed by atoms with Crippen molar-refractivity contribution in [1.29, 1.82) is 0 Å². The molecule has 2 aromatic heterocycles. The summed E-state index contributed by atoms with van der Waals surface area (Å²) < 4.78 is 0. The highest BCUT2D eigenvalue weighted by atomic mass is 15.2. The van der Waals surface area contributed by atoms with Gasteiger partial charge in [0, 0.05) is 55.6 Å². The molecule has 1 aliphatic rings. The molecule has 1 saturated heterocycles. The number of hydrogen-bond donors (Lipinski definition) is 1. The average Bonchev–Trinajstić information content (AvgIpc) is 2.95.